The van der Waals surface area contributed by atoms with E-state index in [4.69, 9.17) is 4.98 Å². The van der Waals surface area contributed by atoms with Gasteiger partial charge in [-0.25, -0.2) is 4.98 Å². The van der Waals surface area contributed by atoms with Crippen LogP contribution in [0.15, 0.2) is 29.6 Å². The summed E-state index contributed by atoms with van der Waals surface area (Å²) in [5.41, 5.74) is 3.68. The highest BCUT2D eigenvalue weighted by Crippen LogP contribution is 2.25. The Balaban J connectivity index is 2.00. The summed E-state index contributed by atoms with van der Waals surface area (Å²) in [6.07, 6.45) is 3.52. The van der Waals surface area contributed by atoms with Crippen molar-refractivity contribution in [2.75, 3.05) is 13.6 Å². The number of nitrogens with zero attached hydrogens (tertiary/aromatic N) is 1. The Labute approximate surface area is 113 Å². The van der Waals surface area contributed by atoms with Crippen molar-refractivity contribution < 1.29 is 0 Å². The number of rotatable bonds is 6. The third-order valence-electron chi connectivity index (χ3n) is 3.04. The van der Waals surface area contributed by atoms with E-state index in [9.17, 15) is 0 Å². The van der Waals surface area contributed by atoms with E-state index < -0.39 is 0 Å². The van der Waals surface area contributed by atoms with E-state index in [2.05, 4.69) is 41.9 Å². The van der Waals surface area contributed by atoms with Crippen molar-refractivity contribution in [3.8, 4) is 11.3 Å². The molecule has 0 bridgehead atoms. The molecule has 0 aliphatic rings. The first-order valence-corrected chi connectivity index (χ1v) is 7.34. The molecule has 1 aromatic carbocycles. The van der Waals surface area contributed by atoms with Gasteiger partial charge in [0.05, 0.1) is 10.7 Å². The Morgan fingerprint density at radius 3 is 2.83 bits per heavy atom. The van der Waals surface area contributed by atoms with Crippen molar-refractivity contribution in [1.29, 1.82) is 0 Å². The third kappa shape index (κ3) is 3.40. The van der Waals surface area contributed by atoms with Crippen LogP contribution in [0.4, 0.5) is 0 Å². The molecule has 2 aromatic rings. The second-order valence-corrected chi connectivity index (χ2v) is 5.44. The second-order valence-electron chi connectivity index (χ2n) is 4.50. The summed E-state index contributed by atoms with van der Waals surface area (Å²) >= 11 is 1.78. The lowest BCUT2D eigenvalue weighted by molar-refractivity contribution is 0.676. The maximum absolute atomic E-state index is 4.74. The highest BCUT2D eigenvalue weighted by molar-refractivity contribution is 7.09. The summed E-state index contributed by atoms with van der Waals surface area (Å²) < 4.78 is 0. The van der Waals surface area contributed by atoms with Gasteiger partial charge in [0.1, 0.15) is 0 Å². The van der Waals surface area contributed by atoms with Crippen LogP contribution in [0.2, 0.25) is 0 Å². The monoisotopic (exact) mass is 260 g/mol. The van der Waals surface area contributed by atoms with Crippen LogP contribution in [0.5, 0.6) is 0 Å². The molecule has 0 radical (unpaired) electrons. The zero-order chi connectivity index (χ0) is 12.8. The van der Waals surface area contributed by atoms with E-state index in [-0.39, 0.29) is 0 Å². The maximum atomic E-state index is 4.74. The summed E-state index contributed by atoms with van der Waals surface area (Å²) in [4.78, 5) is 4.74. The van der Waals surface area contributed by atoms with Crippen LogP contribution in [-0.2, 0) is 6.42 Å². The predicted molar refractivity (Wildman–Crippen MR) is 79.2 cm³/mol. The second kappa shape index (κ2) is 6.66. The van der Waals surface area contributed by atoms with Gasteiger partial charge < -0.3 is 5.32 Å². The molecule has 2 rings (SSSR count). The van der Waals surface area contributed by atoms with Crippen LogP contribution in [-0.4, -0.2) is 18.6 Å². The average Bonchev–Trinajstić information content (AvgIpc) is 2.84. The van der Waals surface area contributed by atoms with Crippen LogP contribution in [0.1, 0.15) is 23.4 Å². The summed E-state index contributed by atoms with van der Waals surface area (Å²) in [5, 5.41) is 6.61. The molecule has 0 amide bonds. The SMILES string of the molecule is CNCCCCc1nc(-c2ccccc2C)cs1. The van der Waals surface area contributed by atoms with Gasteiger partial charge in [-0.05, 0) is 45.3 Å². The number of unbranched alkanes of at least 4 members (excludes halogenated alkanes) is 1. The molecule has 0 fully saturated rings. The molecule has 1 aromatic heterocycles. The largest absolute Gasteiger partial charge is 0.320 e. The first-order chi connectivity index (χ1) is 8.81. The molecular weight excluding hydrogens is 240 g/mol. The van der Waals surface area contributed by atoms with E-state index in [1.165, 1.54) is 29.0 Å². The summed E-state index contributed by atoms with van der Waals surface area (Å²) in [7, 11) is 2.00. The van der Waals surface area contributed by atoms with Crippen LogP contribution < -0.4 is 5.32 Å². The number of aryl methyl sites for hydroxylation is 2. The predicted octanol–water partition coefficient (Wildman–Crippen LogP) is 3.66. The summed E-state index contributed by atoms with van der Waals surface area (Å²) in [6.45, 7) is 3.23. The Hall–Kier alpha value is -1.19. The highest BCUT2D eigenvalue weighted by atomic mass is 32.1. The molecule has 2 nitrogen and oxygen atoms in total. The number of nitrogens with one attached hydrogen (secondary N) is 1. The Morgan fingerprint density at radius 1 is 1.22 bits per heavy atom. The van der Waals surface area contributed by atoms with Crippen molar-refractivity contribution in [3.63, 3.8) is 0 Å². The Bertz CT molecular complexity index is 491. The van der Waals surface area contributed by atoms with E-state index >= 15 is 0 Å². The molecule has 1 N–H and O–H groups in total. The van der Waals surface area contributed by atoms with Gasteiger partial charge in [-0.3, -0.25) is 0 Å². The van der Waals surface area contributed by atoms with Crippen LogP contribution in [0, 0.1) is 6.92 Å². The van der Waals surface area contributed by atoms with Crippen LogP contribution >= 0.6 is 11.3 Å². The molecule has 0 aliphatic heterocycles. The molecule has 0 unspecified atom stereocenters. The Kier molecular flexibility index (Phi) is 4.90. The first kappa shape index (κ1) is 13.2. The zero-order valence-electron chi connectivity index (χ0n) is 11.1. The van der Waals surface area contributed by atoms with E-state index in [1.54, 1.807) is 11.3 Å². The molecule has 0 atom stereocenters. The lowest BCUT2D eigenvalue weighted by Crippen LogP contribution is -2.07. The van der Waals surface area contributed by atoms with E-state index in [0.717, 1.165) is 18.7 Å². The summed E-state index contributed by atoms with van der Waals surface area (Å²) in [6, 6.07) is 8.44. The zero-order valence-corrected chi connectivity index (χ0v) is 11.9. The minimum Gasteiger partial charge on any atom is -0.320 e. The lowest BCUT2D eigenvalue weighted by atomic mass is 10.1. The van der Waals surface area contributed by atoms with Crippen LogP contribution in [0.25, 0.3) is 11.3 Å². The van der Waals surface area contributed by atoms with Crippen molar-refractivity contribution in [1.82, 2.24) is 10.3 Å². The molecule has 0 saturated heterocycles. The van der Waals surface area contributed by atoms with Gasteiger partial charge in [0.15, 0.2) is 0 Å². The topological polar surface area (TPSA) is 24.9 Å². The molecule has 0 spiro atoms. The Morgan fingerprint density at radius 2 is 2.06 bits per heavy atom. The van der Waals surface area contributed by atoms with Gasteiger partial charge in [-0.2, -0.15) is 0 Å². The minimum absolute atomic E-state index is 1.09. The van der Waals surface area contributed by atoms with Crippen molar-refractivity contribution >= 4 is 11.3 Å². The molecular formula is C15H20N2S. The van der Waals surface area contributed by atoms with Crippen molar-refractivity contribution in [3.05, 3.63) is 40.2 Å². The molecule has 96 valence electrons. The van der Waals surface area contributed by atoms with E-state index in [1.807, 2.05) is 7.05 Å². The highest BCUT2D eigenvalue weighted by Gasteiger charge is 2.06. The first-order valence-electron chi connectivity index (χ1n) is 6.46. The molecule has 3 heteroatoms. The number of hydrogen-bond acceptors (Lipinski definition) is 3. The van der Waals surface area contributed by atoms with Gasteiger partial charge in [-0.1, -0.05) is 24.3 Å². The quantitative estimate of drug-likeness (QED) is 0.802. The minimum atomic E-state index is 1.09. The molecule has 1 heterocycles. The average molecular weight is 260 g/mol. The van der Waals surface area contributed by atoms with Gasteiger partial charge in [0.25, 0.3) is 0 Å². The van der Waals surface area contributed by atoms with Crippen molar-refractivity contribution in [2.24, 2.45) is 0 Å². The number of hydrogen-bond donors (Lipinski definition) is 1. The number of benzene rings is 1. The number of thiazole rings is 1. The van der Waals surface area contributed by atoms with Gasteiger partial charge in [-0.15, -0.1) is 11.3 Å². The normalized spacial score (nSPS) is 10.8. The van der Waals surface area contributed by atoms with Crippen molar-refractivity contribution in [2.45, 2.75) is 26.2 Å². The molecule has 18 heavy (non-hydrogen) atoms. The third-order valence-corrected chi connectivity index (χ3v) is 3.95. The lowest BCUT2D eigenvalue weighted by Gasteiger charge is -2.01. The molecule has 0 saturated carbocycles. The standard InChI is InChI=1S/C15H20N2S/c1-12-7-3-4-8-13(12)14-11-18-15(17-14)9-5-6-10-16-2/h3-4,7-8,11,16H,5-6,9-10H2,1-2H3. The fourth-order valence-corrected chi connectivity index (χ4v) is 2.83. The van der Waals surface area contributed by atoms with E-state index in [0.29, 0.717) is 0 Å². The van der Waals surface area contributed by atoms with Gasteiger partial charge in [0.2, 0.25) is 0 Å². The fraction of sp³-hybridized carbons (Fsp3) is 0.400. The van der Waals surface area contributed by atoms with Gasteiger partial charge in [0, 0.05) is 10.9 Å². The fourth-order valence-electron chi connectivity index (χ4n) is 1.99. The summed E-state index contributed by atoms with van der Waals surface area (Å²) in [5.74, 6) is 0. The number of aromatic nitrogens is 1. The smallest absolute Gasteiger partial charge is 0.0932 e. The van der Waals surface area contributed by atoms with Gasteiger partial charge >= 0.3 is 0 Å². The van der Waals surface area contributed by atoms with Crippen LogP contribution in [0.3, 0.4) is 0 Å². The maximum Gasteiger partial charge on any atom is 0.0932 e. The molecule has 0 aliphatic carbocycles.